The average Bonchev–Trinajstić information content (AvgIpc) is 3.11. The van der Waals surface area contributed by atoms with Crippen molar-refractivity contribution >= 4 is 29.9 Å². The molecular formula is C18H29IN4O. The zero-order valence-electron chi connectivity index (χ0n) is 14.5. The minimum absolute atomic E-state index is 0. The summed E-state index contributed by atoms with van der Waals surface area (Å²) in [7, 11) is 1.87. The van der Waals surface area contributed by atoms with Crippen molar-refractivity contribution in [2.45, 2.75) is 25.9 Å². The number of nitrogens with zero attached hydrogens (tertiary/aromatic N) is 3. The molecule has 3 rings (SSSR count). The normalized spacial score (nSPS) is 19.2. The van der Waals surface area contributed by atoms with E-state index < -0.39 is 0 Å². The Morgan fingerprint density at radius 2 is 1.83 bits per heavy atom. The minimum atomic E-state index is 0. The minimum Gasteiger partial charge on any atom is -0.379 e. The third-order valence-electron chi connectivity index (χ3n) is 4.57. The van der Waals surface area contributed by atoms with Gasteiger partial charge in [0.15, 0.2) is 5.96 Å². The first-order valence-electron chi connectivity index (χ1n) is 8.68. The molecule has 0 atom stereocenters. The zero-order chi connectivity index (χ0) is 15.9. The Labute approximate surface area is 162 Å². The maximum atomic E-state index is 5.42. The van der Waals surface area contributed by atoms with Crippen LogP contribution in [-0.2, 0) is 17.8 Å². The molecule has 134 valence electrons. The van der Waals surface area contributed by atoms with Crippen LogP contribution in [0.4, 0.5) is 0 Å². The highest BCUT2D eigenvalue weighted by Crippen LogP contribution is 2.11. The molecule has 0 unspecified atom stereocenters. The lowest BCUT2D eigenvalue weighted by Crippen LogP contribution is -2.39. The van der Waals surface area contributed by atoms with Crippen molar-refractivity contribution < 1.29 is 4.74 Å². The van der Waals surface area contributed by atoms with Crippen LogP contribution in [0.5, 0.6) is 0 Å². The molecule has 5 nitrogen and oxygen atoms in total. The van der Waals surface area contributed by atoms with Crippen LogP contribution in [0.15, 0.2) is 29.3 Å². The molecular weight excluding hydrogens is 415 g/mol. The van der Waals surface area contributed by atoms with E-state index in [4.69, 9.17) is 4.74 Å². The van der Waals surface area contributed by atoms with E-state index in [1.807, 2.05) is 7.05 Å². The van der Waals surface area contributed by atoms with Crippen molar-refractivity contribution in [3.63, 3.8) is 0 Å². The van der Waals surface area contributed by atoms with Gasteiger partial charge < -0.3 is 15.0 Å². The lowest BCUT2D eigenvalue weighted by atomic mass is 10.1. The van der Waals surface area contributed by atoms with Gasteiger partial charge in [0.25, 0.3) is 0 Å². The average molecular weight is 444 g/mol. The van der Waals surface area contributed by atoms with Gasteiger partial charge in [-0.25, -0.2) is 0 Å². The first-order valence-corrected chi connectivity index (χ1v) is 8.68. The van der Waals surface area contributed by atoms with Gasteiger partial charge in [0.2, 0.25) is 0 Å². The van der Waals surface area contributed by atoms with Crippen LogP contribution < -0.4 is 5.32 Å². The fraction of sp³-hybridized carbons (Fsp3) is 0.611. The predicted molar refractivity (Wildman–Crippen MR) is 109 cm³/mol. The van der Waals surface area contributed by atoms with Gasteiger partial charge in [-0.2, -0.15) is 0 Å². The van der Waals surface area contributed by atoms with Crippen molar-refractivity contribution in [1.82, 2.24) is 15.1 Å². The summed E-state index contributed by atoms with van der Waals surface area (Å²) in [6, 6.07) is 8.87. The quantitative estimate of drug-likeness (QED) is 0.440. The Morgan fingerprint density at radius 3 is 2.54 bits per heavy atom. The van der Waals surface area contributed by atoms with Crippen molar-refractivity contribution in [3.05, 3.63) is 35.4 Å². The highest BCUT2D eigenvalue weighted by molar-refractivity contribution is 14.0. The molecule has 1 N–H and O–H groups in total. The molecule has 0 amide bonds. The van der Waals surface area contributed by atoms with Crippen LogP contribution >= 0.6 is 24.0 Å². The molecule has 1 aromatic rings. The topological polar surface area (TPSA) is 40.1 Å². The second-order valence-electron chi connectivity index (χ2n) is 6.30. The van der Waals surface area contributed by atoms with Crippen molar-refractivity contribution in [2.24, 2.45) is 4.99 Å². The second-order valence-corrected chi connectivity index (χ2v) is 6.30. The molecule has 0 aromatic heterocycles. The lowest BCUT2D eigenvalue weighted by molar-refractivity contribution is 0.0342. The van der Waals surface area contributed by atoms with Crippen molar-refractivity contribution in [3.8, 4) is 0 Å². The van der Waals surface area contributed by atoms with Gasteiger partial charge in [0.05, 0.1) is 13.2 Å². The number of benzene rings is 1. The summed E-state index contributed by atoms with van der Waals surface area (Å²) in [5, 5.41) is 3.50. The van der Waals surface area contributed by atoms with Crippen LogP contribution in [0, 0.1) is 0 Å². The number of likely N-dealkylation sites (tertiary alicyclic amines) is 1. The van der Waals surface area contributed by atoms with E-state index in [1.165, 1.54) is 24.0 Å². The Kier molecular flexibility index (Phi) is 8.28. The first kappa shape index (κ1) is 19.5. The van der Waals surface area contributed by atoms with E-state index in [1.54, 1.807) is 0 Å². The molecule has 6 heteroatoms. The lowest BCUT2D eigenvalue weighted by Gasteiger charge is -2.26. The van der Waals surface area contributed by atoms with E-state index in [2.05, 4.69) is 44.4 Å². The molecule has 1 aromatic carbocycles. The zero-order valence-corrected chi connectivity index (χ0v) is 16.9. The standard InChI is InChI=1S/C18H28N4O.HI/c1-19-18(22-7-2-3-8-22)20-14-16-5-4-6-17(13-16)15-21-9-11-23-12-10-21;/h4-6,13H,2-3,7-12,14-15H2,1H3,(H,19,20);1H. The summed E-state index contributed by atoms with van der Waals surface area (Å²) in [5.74, 6) is 1.03. The third kappa shape index (κ3) is 5.60. The van der Waals surface area contributed by atoms with Gasteiger partial charge >= 0.3 is 0 Å². The summed E-state index contributed by atoms with van der Waals surface area (Å²) >= 11 is 0. The van der Waals surface area contributed by atoms with Gasteiger partial charge in [-0.3, -0.25) is 9.89 Å². The van der Waals surface area contributed by atoms with E-state index in [0.717, 1.165) is 58.4 Å². The van der Waals surface area contributed by atoms with E-state index >= 15 is 0 Å². The maximum Gasteiger partial charge on any atom is 0.193 e. The van der Waals surface area contributed by atoms with Crippen LogP contribution in [-0.4, -0.2) is 62.2 Å². The molecule has 0 saturated carbocycles. The molecule has 0 spiro atoms. The number of hydrogen-bond donors (Lipinski definition) is 1. The molecule has 0 radical (unpaired) electrons. The molecule has 2 saturated heterocycles. The predicted octanol–water partition coefficient (Wildman–Crippen LogP) is 2.31. The largest absolute Gasteiger partial charge is 0.379 e. The summed E-state index contributed by atoms with van der Waals surface area (Å²) < 4.78 is 5.42. The molecule has 2 aliphatic heterocycles. The van der Waals surface area contributed by atoms with E-state index in [9.17, 15) is 0 Å². The molecule has 24 heavy (non-hydrogen) atoms. The van der Waals surface area contributed by atoms with Crippen LogP contribution in [0.2, 0.25) is 0 Å². The first-order chi connectivity index (χ1) is 11.3. The Balaban J connectivity index is 0.00000208. The van der Waals surface area contributed by atoms with E-state index in [0.29, 0.717) is 0 Å². The van der Waals surface area contributed by atoms with Gasteiger partial charge in [0, 0.05) is 46.3 Å². The highest BCUT2D eigenvalue weighted by atomic mass is 127. The number of guanidine groups is 1. The number of rotatable bonds is 4. The Hall–Kier alpha value is -0.860. The number of aliphatic imine (C=N–C) groups is 1. The Morgan fingerprint density at radius 1 is 1.12 bits per heavy atom. The van der Waals surface area contributed by atoms with Gasteiger partial charge in [-0.05, 0) is 24.0 Å². The molecule has 0 bridgehead atoms. The third-order valence-corrected chi connectivity index (χ3v) is 4.57. The second kappa shape index (κ2) is 10.2. The number of ether oxygens (including phenoxy) is 1. The molecule has 2 heterocycles. The monoisotopic (exact) mass is 444 g/mol. The molecule has 2 aliphatic rings. The number of morpholine rings is 1. The summed E-state index contributed by atoms with van der Waals surface area (Å²) in [5.41, 5.74) is 2.69. The van der Waals surface area contributed by atoms with Crippen LogP contribution in [0.1, 0.15) is 24.0 Å². The maximum absolute atomic E-state index is 5.42. The van der Waals surface area contributed by atoms with E-state index in [-0.39, 0.29) is 24.0 Å². The van der Waals surface area contributed by atoms with Crippen LogP contribution in [0.3, 0.4) is 0 Å². The van der Waals surface area contributed by atoms with Crippen molar-refractivity contribution in [2.75, 3.05) is 46.4 Å². The Bertz CT molecular complexity index is 526. The molecule has 2 fully saturated rings. The molecule has 0 aliphatic carbocycles. The number of halogens is 1. The highest BCUT2D eigenvalue weighted by Gasteiger charge is 2.15. The SMILES string of the molecule is CN=C(NCc1cccc(CN2CCOCC2)c1)N1CCCC1.I. The fourth-order valence-corrected chi connectivity index (χ4v) is 3.30. The van der Waals surface area contributed by atoms with Gasteiger partial charge in [0.1, 0.15) is 0 Å². The van der Waals surface area contributed by atoms with Crippen molar-refractivity contribution in [1.29, 1.82) is 0 Å². The number of hydrogen-bond acceptors (Lipinski definition) is 3. The summed E-state index contributed by atoms with van der Waals surface area (Å²) in [4.78, 5) is 9.21. The van der Waals surface area contributed by atoms with Gasteiger partial charge in [-0.1, -0.05) is 24.3 Å². The number of nitrogens with one attached hydrogen (secondary N) is 1. The smallest absolute Gasteiger partial charge is 0.193 e. The van der Waals surface area contributed by atoms with Gasteiger partial charge in [-0.15, -0.1) is 24.0 Å². The fourth-order valence-electron chi connectivity index (χ4n) is 3.30. The summed E-state index contributed by atoms with van der Waals surface area (Å²) in [6.07, 6.45) is 2.55. The summed E-state index contributed by atoms with van der Waals surface area (Å²) in [6.45, 7) is 7.86. The van der Waals surface area contributed by atoms with Crippen LogP contribution in [0.25, 0.3) is 0 Å².